The zero-order valence-electron chi connectivity index (χ0n) is 15.9. The first-order valence-electron chi connectivity index (χ1n) is 9.59. The van der Waals surface area contributed by atoms with E-state index in [4.69, 9.17) is 0 Å². The molecular weight excluding hydrogens is 367 g/mol. The fourth-order valence-electron chi connectivity index (χ4n) is 3.23. The van der Waals surface area contributed by atoms with E-state index in [0.29, 0.717) is 24.2 Å². The van der Waals surface area contributed by atoms with Crippen molar-refractivity contribution in [3.8, 4) is 0 Å². The van der Waals surface area contributed by atoms with Crippen molar-refractivity contribution in [1.82, 2.24) is 20.3 Å². The van der Waals surface area contributed by atoms with Gasteiger partial charge in [0.15, 0.2) is 0 Å². The number of carbonyl (C=O) groups is 1. The fourth-order valence-corrected chi connectivity index (χ4v) is 3.23. The van der Waals surface area contributed by atoms with Gasteiger partial charge >= 0.3 is 0 Å². The van der Waals surface area contributed by atoms with Crippen molar-refractivity contribution >= 4 is 16.9 Å². The molecular formula is C23H21FN4O. The van der Waals surface area contributed by atoms with Crippen LogP contribution in [0.25, 0.3) is 11.0 Å². The number of halogens is 1. The number of nitrogens with zero attached hydrogens (tertiary/aromatic N) is 3. The highest BCUT2D eigenvalue weighted by atomic mass is 19.1. The molecule has 0 radical (unpaired) electrons. The molecule has 146 valence electrons. The molecule has 0 fully saturated rings. The second-order valence-electron chi connectivity index (χ2n) is 6.92. The molecule has 3 aromatic carbocycles. The van der Waals surface area contributed by atoms with Crippen LogP contribution in [0.5, 0.6) is 0 Å². The van der Waals surface area contributed by atoms with Crippen LogP contribution in [0.4, 0.5) is 4.39 Å². The third kappa shape index (κ3) is 4.66. The molecule has 0 spiro atoms. The Kier molecular flexibility index (Phi) is 5.61. The molecule has 29 heavy (non-hydrogen) atoms. The van der Waals surface area contributed by atoms with Crippen LogP contribution in [-0.2, 0) is 13.0 Å². The number of fused-ring (bicyclic) bond motifs is 1. The van der Waals surface area contributed by atoms with Crippen LogP contribution < -0.4 is 5.32 Å². The van der Waals surface area contributed by atoms with Gasteiger partial charge in [-0.2, -0.15) is 0 Å². The maximum Gasteiger partial charge on any atom is 0.251 e. The van der Waals surface area contributed by atoms with E-state index in [2.05, 4.69) is 27.8 Å². The van der Waals surface area contributed by atoms with Crippen LogP contribution >= 0.6 is 0 Å². The summed E-state index contributed by atoms with van der Waals surface area (Å²) in [5, 5.41) is 11.3. The summed E-state index contributed by atoms with van der Waals surface area (Å²) < 4.78 is 14.8. The van der Waals surface area contributed by atoms with Crippen molar-refractivity contribution in [2.45, 2.75) is 19.4 Å². The van der Waals surface area contributed by atoms with E-state index < -0.39 is 0 Å². The summed E-state index contributed by atoms with van der Waals surface area (Å²) in [7, 11) is 0. The zero-order valence-corrected chi connectivity index (χ0v) is 15.9. The van der Waals surface area contributed by atoms with Gasteiger partial charge < -0.3 is 5.32 Å². The zero-order chi connectivity index (χ0) is 20.1. The van der Waals surface area contributed by atoms with Gasteiger partial charge in [0, 0.05) is 12.1 Å². The lowest BCUT2D eigenvalue weighted by molar-refractivity contribution is 0.0953. The summed E-state index contributed by atoms with van der Waals surface area (Å²) in [6.07, 6.45) is 1.81. The van der Waals surface area contributed by atoms with Gasteiger partial charge in [-0.25, -0.2) is 9.07 Å². The summed E-state index contributed by atoms with van der Waals surface area (Å²) in [6, 6.07) is 21.9. The van der Waals surface area contributed by atoms with Crippen molar-refractivity contribution < 1.29 is 9.18 Å². The first-order valence-corrected chi connectivity index (χ1v) is 9.59. The number of aromatic nitrogens is 3. The van der Waals surface area contributed by atoms with Crippen LogP contribution in [0, 0.1) is 5.82 Å². The number of amides is 1. The summed E-state index contributed by atoms with van der Waals surface area (Å²) >= 11 is 0. The lowest BCUT2D eigenvalue weighted by atomic mass is 10.1. The molecule has 0 saturated heterocycles. The molecule has 0 aliphatic heterocycles. The molecule has 0 aliphatic carbocycles. The molecule has 0 bridgehead atoms. The summed E-state index contributed by atoms with van der Waals surface area (Å²) in [6.45, 7) is 1.10. The van der Waals surface area contributed by atoms with E-state index in [-0.39, 0.29) is 11.7 Å². The lowest BCUT2D eigenvalue weighted by Crippen LogP contribution is -2.24. The van der Waals surface area contributed by atoms with Crippen LogP contribution in [0.3, 0.4) is 0 Å². The van der Waals surface area contributed by atoms with E-state index in [1.165, 1.54) is 17.7 Å². The number of rotatable bonds is 7. The van der Waals surface area contributed by atoms with Crippen LogP contribution in [0.15, 0.2) is 72.8 Å². The second-order valence-corrected chi connectivity index (χ2v) is 6.92. The maximum absolute atomic E-state index is 13.1. The summed E-state index contributed by atoms with van der Waals surface area (Å²) in [5.41, 5.74) is 4.24. The Balaban J connectivity index is 1.37. The van der Waals surface area contributed by atoms with Crippen LogP contribution in [-0.4, -0.2) is 27.4 Å². The number of hydrogen-bond acceptors (Lipinski definition) is 3. The quantitative estimate of drug-likeness (QED) is 0.487. The third-order valence-electron chi connectivity index (χ3n) is 4.79. The third-order valence-corrected chi connectivity index (χ3v) is 4.79. The van der Waals surface area contributed by atoms with Crippen molar-refractivity contribution in [3.63, 3.8) is 0 Å². The number of nitrogens with one attached hydrogen (secondary N) is 1. The average molecular weight is 388 g/mol. The topological polar surface area (TPSA) is 59.8 Å². The minimum absolute atomic E-state index is 0.118. The summed E-state index contributed by atoms with van der Waals surface area (Å²) in [4.78, 5) is 12.4. The second kappa shape index (κ2) is 8.65. The van der Waals surface area contributed by atoms with Gasteiger partial charge in [-0.15, -0.1) is 5.10 Å². The first kappa shape index (κ1) is 18.8. The minimum Gasteiger partial charge on any atom is -0.352 e. The van der Waals surface area contributed by atoms with Gasteiger partial charge in [0.2, 0.25) is 0 Å². The molecule has 1 aromatic heterocycles. The van der Waals surface area contributed by atoms with Gasteiger partial charge in [-0.05, 0) is 54.3 Å². The van der Waals surface area contributed by atoms with Crippen molar-refractivity contribution in [2.24, 2.45) is 0 Å². The van der Waals surface area contributed by atoms with Crippen molar-refractivity contribution in [3.05, 3.63) is 95.3 Å². The average Bonchev–Trinajstić information content (AvgIpc) is 3.15. The van der Waals surface area contributed by atoms with Gasteiger partial charge in [-0.3, -0.25) is 4.79 Å². The molecule has 0 saturated carbocycles. The van der Waals surface area contributed by atoms with E-state index in [0.717, 1.165) is 23.9 Å². The molecule has 1 heterocycles. The molecule has 0 unspecified atom stereocenters. The van der Waals surface area contributed by atoms with Gasteiger partial charge in [-0.1, -0.05) is 47.7 Å². The van der Waals surface area contributed by atoms with Crippen molar-refractivity contribution in [1.29, 1.82) is 0 Å². The first-order chi connectivity index (χ1) is 14.2. The molecule has 0 aliphatic rings. The minimum atomic E-state index is -0.267. The van der Waals surface area contributed by atoms with Crippen molar-refractivity contribution in [2.75, 3.05) is 6.54 Å². The van der Waals surface area contributed by atoms with Gasteiger partial charge in [0.05, 0.1) is 12.1 Å². The van der Waals surface area contributed by atoms with Crippen LogP contribution in [0.1, 0.15) is 27.9 Å². The molecule has 0 atom stereocenters. The Morgan fingerprint density at radius 1 is 0.966 bits per heavy atom. The van der Waals surface area contributed by atoms with Gasteiger partial charge in [0.1, 0.15) is 11.3 Å². The highest BCUT2D eigenvalue weighted by molar-refractivity contribution is 5.97. The number of aryl methyl sites for hydroxylation is 1. The summed E-state index contributed by atoms with van der Waals surface area (Å²) in [5.74, 6) is -0.385. The maximum atomic E-state index is 13.1. The largest absolute Gasteiger partial charge is 0.352 e. The Morgan fingerprint density at radius 2 is 1.76 bits per heavy atom. The molecule has 6 heteroatoms. The van der Waals surface area contributed by atoms with E-state index >= 15 is 0 Å². The Bertz CT molecular complexity index is 1110. The van der Waals surface area contributed by atoms with Gasteiger partial charge in [0.25, 0.3) is 5.91 Å². The van der Waals surface area contributed by atoms with E-state index in [1.807, 2.05) is 24.3 Å². The molecule has 1 N–H and O–H groups in total. The predicted molar refractivity (Wildman–Crippen MR) is 110 cm³/mol. The lowest BCUT2D eigenvalue weighted by Gasteiger charge is -2.06. The number of carbonyl (C=O) groups excluding carboxylic acids is 1. The standard InChI is InChI=1S/C23H21FN4O/c24-20-11-8-18(9-12-20)16-28-22-13-10-19(15-21(22)26-27-28)23(29)25-14-4-7-17-5-2-1-3-6-17/h1-3,5-6,8-13,15H,4,7,14,16H2,(H,25,29). The Labute approximate surface area is 168 Å². The Hall–Kier alpha value is -3.54. The normalized spacial score (nSPS) is 10.9. The molecule has 5 nitrogen and oxygen atoms in total. The smallest absolute Gasteiger partial charge is 0.251 e. The van der Waals surface area contributed by atoms with E-state index in [9.17, 15) is 9.18 Å². The molecule has 4 aromatic rings. The Morgan fingerprint density at radius 3 is 2.55 bits per heavy atom. The highest BCUT2D eigenvalue weighted by Crippen LogP contribution is 2.15. The number of benzene rings is 3. The molecule has 1 amide bonds. The fraction of sp³-hybridized carbons (Fsp3) is 0.174. The van der Waals surface area contributed by atoms with E-state index in [1.54, 1.807) is 28.9 Å². The SMILES string of the molecule is O=C(NCCCc1ccccc1)c1ccc2c(c1)nnn2Cc1ccc(F)cc1. The number of hydrogen-bond donors (Lipinski definition) is 1. The predicted octanol–water partition coefficient (Wildman–Crippen LogP) is 3.98. The monoisotopic (exact) mass is 388 g/mol. The highest BCUT2D eigenvalue weighted by Gasteiger charge is 2.10. The van der Waals surface area contributed by atoms with Crippen LogP contribution in [0.2, 0.25) is 0 Å². The molecule has 4 rings (SSSR count).